The van der Waals surface area contributed by atoms with Crippen molar-refractivity contribution in [3.63, 3.8) is 0 Å². The molecule has 4 rings (SSSR count). The Bertz CT molecular complexity index is 1110. The number of aryl methyl sites for hydroxylation is 2. The Morgan fingerprint density at radius 3 is 2.67 bits per heavy atom. The normalized spacial score (nSPS) is 12.6. The number of nitrogens with zero attached hydrogens (tertiary/aromatic N) is 1. The van der Waals surface area contributed by atoms with Crippen LogP contribution in [0.1, 0.15) is 16.7 Å². The fourth-order valence-corrected chi connectivity index (χ4v) is 3.66. The lowest BCUT2D eigenvalue weighted by Gasteiger charge is -2.09. The highest BCUT2D eigenvalue weighted by molar-refractivity contribution is 6.32. The molecule has 0 heterocycles. The molecular weight excluding hydrogens is 364 g/mol. The monoisotopic (exact) mass is 378 g/mol. The van der Waals surface area contributed by atoms with Crippen molar-refractivity contribution < 1.29 is 9.72 Å². The van der Waals surface area contributed by atoms with Crippen LogP contribution in [-0.4, -0.2) is 10.8 Å². The van der Waals surface area contributed by atoms with E-state index in [0.717, 1.165) is 23.9 Å². The number of rotatable bonds is 4. The third kappa shape index (κ3) is 3.29. The molecule has 0 unspecified atom stereocenters. The molecule has 0 saturated heterocycles. The highest BCUT2D eigenvalue weighted by Gasteiger charge is 2.16. The van der Waals surface area contributed by atoms with Gasteiger partial charge in [0.2, 0.25) is 5.91 Å². The molecule has 0 radical (unpaired) electrons. The molecule has 1 amide bonds. The summed E-state index contributed by atoms with van der Waals surface area (Å²) in [7, 11) is 0. The van der Waals surface area contributed by atoms with E-state index in [-0.39, 0.29) is 16.6 Å². The second kappa shape index (κ2) is 6.85. The molecule has 1 aliphatic rings. The highest BCUT2D eigenvalue weighted by Crippen LogP contribution is 2.35. The molecule has 3 aromatic carbocycles. The number of nitro groups is 1. The summed E-state index contributed by atoms with van der Waals surface area (Å²) < 4.78 is 0. The van der Waals surface area contributed by atoms with E-state index in [1.807, 2.05) is 18.2 Å². The van der Waals surface area contributed by atoms with Gasteiger partial charge in [-0.05, 0) is 53.1 Å². The molecule has 0 bridgehead atoms. The standard InChI is InChI=1S/C21H15ClN2O3/c22-17-9-4-13(12-19(17)24(26)27)5-11-20(25)23-18-10-8-15-7-6-14-2-1-3-16(18)21(14)15/h1-5,8-12H,6-7H2,(H,23,25)/b11-5+. The molecule has 0 saturated carbocycles. The number of nitrogens with one attached hydrogen (secondary N) is 1. The number of amides is 1. The lowest BCUT2D eigenvalue weighted by molar-refractivity contribution is -0.384. The number of nitro benzene ring substituents is 1. The van der Waals surface area contributed by atoms with Gasteiger partial charge in [0.1, 0.15) is 5.02 Å². The van der Waals surface area contributed by atoms with Crippen LogP contribution in [-0.2, 0) is 17.6 Å². The summed E-state index contributed by atoms with van der Waals surface area (Å²) in [6.07, 6.45) is 4.94. The first-order chi connectivity index (χ1) is 13.0. The molecule has 1 N–H and O–H groups in total. The Hall–Kier alpha value is -3.18. The molecule has 3 aromatic rings. The number of anilines is 1. The molecule has 0 atom stereocenters. The van der Waals surface area contributed by atoms with Crippen LogP contribution < -0.4 is 5.32 Å². The first kappa shape index (κ1) is 17.2. The molecule has 0 fully saturated rings. The van der Waals surface area contributed by atoms with Crippen LogP contribution in [0.15, 0.2) is 54.6 Å². The smallest absolute Gasteiger partial charge is 0.288 e. The van der Waals surface area contributed by atoms with E-state index in [1.54, 1.807) is 6.07 Å². The SMILES string of the molecule is O=C(/C=C/c1ccc(Cl)c([N+](=O)[O-])c1)Nc1ccc2c3c(cccc13)CC2. The van der Waals surface area contributed by atoms with E-state index in [9.17, 15) is 14.9 Å². The summed E-state index contributed by atoms with van der Waals surface area (Å²) in [6, 6.07) is 14.5. The summed E-state index contributed by atoms with van der Waals surface area (Å²) in [5.41, 5.74) is 3.72. The minimum atomic E-state index is -0.549. The Balaban J connectivity index is 1.57. The Kier molecular flexibility index (Phi) is 4.38. The van der Waals surface area contributed by atoms with Gasteiger partial charge in [-0.3, -0.25) is 14.9 Å². The number of halogens is 1. The van der Waals surface area contributed by atoms with Crippen LogP contribution in [0, 0.1) is 10.1 Å². The number of carbonyl (C=O) groups is 1. The number of hydrogen-bond donors (Lipinski definition) is 1. The van der Waals surface area contributed by atoms with E-state index in [4.69, 9.17) is 11.6 Å². The summed E-state index contributed by atoms with van der Waals surface area (Å²) >= 11 is 5.80. The van der Waals surface area contributed by atoms with Crippen molar-refractivity contribution in [1.29, 1.82) is 0 Å². The minimum absolute atomic E-state index is 0.0643. The van der Waals surface area contributed by atoms with Gasteiger partial charge in [-0.25, -0.2) is 0 Å². The third-order valence-electron chi connectivity index (χ3n) is 4.73. The molecule has 1 aliphatic carbocycles. The van der Waals surface area contributed by atoms with Gasteiger partial charge in [-0.2, -0.15) is 0 Å². The fourth-order valence-electron chi connectivity index (χ4n) is 3.48. The van der Waals surface area contributed by atoms with Gasteiger partial charge in [0.15, 0.2) is 0 Å². The summed E-state index contributed by atoms with van der Waals surface area (Å²) in [5.74, 6) is -0.300. The zero-order chi connectivity index (χ0) is 19.0. The molecule has 0 spiro atoms. The Morgan fingerprint density at radius 1 is 1.11 bits per heavy atom. The predicted molar refractivity (Wildman–Crippen MR) is 107 cm³/mol. The van der Waals surface area contributed by atoms with Crippen LogP contribution in [0.5, 0.6) is 0 Å². The molecule has 6 heteroatoms. The maximum absolute atomic E-state index is 12.3. The van der Waals surface area contributed by atoms with Crippen LogP contribution in [0.2, 0.25) is 5.02 Å². The second-order valence-electron chi connectivity index (χ2n) is 6.40. The average molecular weight is 379 g/mol. The van der Waals surface area contributed by atoms with Gasteiger partial charge in [-0.1, -0.05) is 41.9 Å². The Labute approximate surface area is 160 Å². The third-order valence-corrected chi connectivity index (χ3v) is 5.05. The maximum atomic E-state index is 12.3. The second-order valence-corrected chi connectivity index (χ2v) is 6.81. The van der Waals surface area contributed by atoms with Crippen molar-refractivity contribution in [2.45, 2.75) is 12.8 Å². The van der Waals surface area contributed by atoms with Crippen molar-refractivity contribution in [1.82, 2.24) is 0 Å². The topological polar surface area (TPSA) is 72.2 Å². The zero-order valence-electron chi connectivity index (χ0n) is 14.2. The van der Waals surface area contributed by atoms with Crippen molar-refractivity contribution in [2.24, 2.45) is 0 Å². The van der Waals surface area contributed by atoms with Crippen LogP contribution in [0.25, 0.3) is 16.8 Å². The zero-order valence-corrected chi connectivity index (χ0v) is 15.0. The van der Waals surface area contributed by atoms with E-state index >= 15 is 0 Å². The highest BCUT2D eigenvalue weighted by atomic mass is 35.5. The van der Waals surface area contributed by atoms with Gasteiger partial charge < -0.3 is 5.32 Å². The van der Waals surface area contributed by atoms with Crippen LogP contribution in [0.3, 0.4) is 0 Å². The van der Waals surface area contributed by atoms with Crippen molar-refractivity contribution in [3.05, 3.63) is 86.4 Å². The molecular formula is C21H15ClN2O3. The van der Waals surface area contributed by atoms with E-state index < -0.39 is 4.92 Å². The van der Waals surface area contributed by atoms with Gasteiger partial charge in [0.05, 0.1) is 4.92 Å². The van der Waals surface area contributed by atoms with Gasteiger partial charge in [-0.15, -0.1) is 0 Å². The first-order valence-electron chi connectivity index (χ1n) is 8.49. The number of benzene rings is 3. The summed E-state index contributed by atoms with van der Waals surface area (Å²) in [6.45, 7) is 0. The van der Waals surface area contributed by atoms with Crippen LogP contribution >= 0.6 is 11.6 Å². The minimum Gasteiger partial charge on any atom is -0.322 e. The van der Waals surface area contributed by atoms with E-state index in [0.29, 0.717) is 5.56 Å². The molecule has 27 heavy (non-hydrogen) atoms. The molecule has 0 aliphatic heterocycles. The largest absolute Gasteiger partial charge is 0.322 e. The first-order valence-corrected chi connectivity index (χ1v) is 8.87. The molecule has 5 nitrogen and oxygen atoms in total. The van der Waals surface area contributed by atoms with E-state index in [1.165, 1.54) is 40.8 Å². The van der Waals surface area contributed by atoms with Gasteiger partial charge in [0, 0.05) is 23.2 Å². The van der Waals surface area contributed by atoms with Crippen molar-refractivity contribution in [3.8, 4) is 0 Å². The fraction of sp³-hybridized carbons (Fsp3) is 0.0952. The Morgan fingerprint density at radius 2 is 1.89 bits per heavy atom. The van der Waals surface area contributed by atoms with Crippen molar-refractivity contribution >= 4 is 45.7 Å². The molecule has 0 aromatic heterocycles. The van der Waals surface area contributed by atoms with Crippen molar-refractivity contribution in [2.75, 3.05) is 5.32 Å². The van der Waals surface area contributed by atoms with E-state index in [2.05, 4.69) is 17.4 Å². The number of hydrogen-bond acceptors (Lipinski definition) is 3. The summed E-state index contributed by atoms with van der Waals surface area (Å²) in [5, 5.41) is 16.2. The summed E-state index contributed by atoms with van der Waals surface area (Å²) in [4.78, 5) is 22.7. The van der Waals surface area contributed by atoms with Crippen LogP contribution in [0.4, 0.5) is 11.4 Å². The van der Waals surface area contributed by atoms with Gasteiger partial charge in [0.25, 0.3) is 5.69 Å². The lowest BCUT2D eigenvalue weighted by atomic mass is 10.0. The average Bonchev–Trinajstić information content (AvgIpc) is 3.08. The maximum Gasteiger partial charge on any atom is 0.288 e. The predicted octanol–water partition coefficient (Wildman–Crippen LogP) is 5.15. The lowest BCUT2D eigenvalue weighted by Crippen LogP contribution is -2.08. The number of carbonyl (C=O) groups excluding carboxylic acids is 1. The quantitative estimate of drug-likeness (QED) is 0.387. The van der Waals surface area contributed by atoms with Gasteiger partial charge >= 0.3 is 0 Å². The molecule has 134 valence electrons.